The molecule has 1 aromatic rings. The molecule has 0 amide bonds. The van der Waals surface area contributed by atoms with Gasteiger partial charge in [-0.3, -0.25) is 0 Å². The third kappa shape index (κ3) is 1.32. The fourth-order valence-electron chi connectivity index (χ4n) is 2.97. The van der Waals surface area contributed by atoms with E-state index < -0.39 is 0 Å². The summed E-state index contributed by atoms with van der Waals surface area (Å²) in [6, 6.07) is 8.40. The Balaban J connectivity index is 2.11. The van der Waals surface area contributed by atoms with E-state index in [-0.39, 0.29) is 6.10 Å². The predicted octanol–water partition coefficient (Wildman–Crippen LogP) is 1.74. The van der Waals surface area contributed by atoms with Gasteiger partial charge < -0.3 is 10.4 Å². The van der Waals surface area contributed by atoms with Crippen LogP contribution in [0.3, 0.4) is 0 Å². The zero-order valence-corrected chi connectivity index (χ0v) is 8.87. The fourth-order valence-corrected chi connectivity index (χ4v) is 2.97. The summed E-state index contributed by atoms with van der Waals surface area (Å²) in [4.78, 5) is 0. The minimum atomic E-state index is -0.332. The van der Waals surface area contributed by atoms with Gasteiger partial charge in [-0.1, -0.05) is 30.7 Å². The highest BCUT2D eigenvalue weighted by Gasteiger charge is 2.41. The summed E-state index contributed by atoms with van der Waals surface area (Å²) >= 11 is 0. The normalized spacial score (nSPS) is 27.9. The second kappa shape index (κ2) is 3.32. The number of rotatable bonds is 0. The molecule has 1 fully saturated rings. The smallest absolute Gasteiger partial charge is 0.0917 e. The largest absolute Gasteiger partial charge is 0.387 e. The average Bonchev–Trinajstić information content (AvgIpc) is 2.36. The van der Waals surface area contributed by atoms with E-state index in [9.17, 15) is 5.11 Å². The zero-order chi connectivity index (χ0) is 10.3. The van der Waals surface area contributed by atoms with Crippen LogP contribution in [0.1, 0.15) is 36.5 Å². The molecule has 80 valence electrons. The van der Waals surface area contributed by atoms with Crippen molar-refractivity contribution in [2.75, 3.05) is 13.1 Å². The molecule has 2 nitrogen and oxygen atoms in total. The van der Waals surface area contributed by atoms with Crippen LogP contribution < -0.4 is 5.32 Å². The molecule has 1 aliphatic carbocycles. The van der Waals surface area contributed by atoms with E-state index in [1.807, 2.05) is 6.07 Å². The topological polar surface area (TPSA) is 32.3 Å². The number of hydrogen-bond acceptors (Lipinski definition) is 2. The lowest BCUT2D eigenvalue weighted by molar-refractivity contribution is 0.177. The molecule has 0 saturated heterocycles. The van der Waals surface area contributed by atoms with Gasteiger partial charge in [0, 0.05) is 18.5 Å². The average molecular weight is 203 g/mol. The van der Waals surface area contributed by atoms with Gasteiger partial charge in [0.2, 0.25) is 0 Å². The van der Waals surface area contributed by atoms with Gasteiger partial charge in [0.1, 0.15) is 0 Å². The predicted molar refractivity (Wildman–Crippen MR) is 59.8 cm³/mol. The molecule has 2 heteroatoms. The third-order valence-corrected chi connectivity index (χ3v) is 4.00. The molecule has 1 heterocycles. The van der Waals surface area contributed by atoms with Crippen LogP contribution >= 0.6 is 0 Å². The van der Waals surface area contributed by atoms with Crippen LogP contribution in [-0.4, -0.2) is 18.2 Å². The maximum Gasteiger partial charge on any atom is 0.0917 e. The Labute approximate surface area is 90.3 Å². The molecule has 1 aliphatic heterocycles. The molecule has 0 bridgehead atoms. The standard InChI is InChI=1S/C13H17NO/c15-12-8-14-9-13(6-3-7-13)11-5-2-1-4-10(11)12/h1-2,4-5,12,14-15H,3,6-9H2. The van der Waals surface area contributed by atoms with E-state index in [2.05, 4.69) is 23.5 Å². The summed E-state index contributed by atoms with van der Waals surface area (Å²) in [5.41, 5.74) is 2.85. The maximum atomic E-state index is 10.0. The summed E-state index contributed by atoms with van der Waals surface area (Å²) in [5, 5.41) is 13.4. The number of β-amino-alcohol motifs (C(OH)–C–C–N with tert-alkyl or cyclic N) is 1. The van der Waals surface area contributed by atoms with Crippen LogP contribution in [0.5, 0.6) is 0 Å². The number of aliphatic hydroxyl groups excluding tert-OH is 1. The Hall–Kier alpha value is -0.860. The highest BCUT2D eigenvalue weighted by atomic mass is 16.3. The van der Waals surface area contributed by atoms with E-state index in [0.29, 0.717) is 12.0 Å². The molecule has 15 heavy (non-hydrogen) atoms. The summed E-state index contributed by atoms with van der Waals surface area (Å²) in [7, 11) is 0. The number of fused-ring (bicyclic) bond motifs is 2. The number of nitrogens with one attached hydrogen (secondary N) is 1. The van der Waals surface area contributed by atoms with Gasteiger partial charge in [-0.15, -0.1) is 0 Å². The van der Waals surface area contributed by atoms with Crippen molar-refractivity contribution >= 4 is 0 Å². The van der Waals surface area contributed by atoms with Gasteiger partial charge in [0.25, 0.3) is 0 Å². The quantitative estimate of drug-likeness (QED) is 0.673. The Morgan fingerprint density at radius 3 is 2.80 bits per heavy atom. The van der Waals surface area contributed by atoms with Gasteiger partial charge in [-0.05, 0) is 24.0 Å². The van der Waals surface area contributed by atoms with Crippen molar-refractivity contribution < 1.29 is 5.11 Å². The summed E-state index contributed by atoms with van der Waals surface area (Å²) < 4.78 is 0. The van der Waals surface area contributed by atoms with Gasteiger partial charge >= 0.3 is 0 Å². The summed E-state index contributed by atoms with van der Waals surface area (Å²) in [6.45, 7) is 1.72. The molecular formula is C13H17NO. The van der Waals surface area contributed by atoms with Gasteiger partial charge in [0.15, 0.2) is 0 Å². The number of hydrogen-bond donors (Lipinski definition) is 2. The van der Waals surface area contributed by atoms with Gasteiger partial charge in [-0.2, -0.15) is 0 Å². The van der Waals surface area contributed by atoms with Crippen molar-refractivity contribution in [1.29, 1.82) is 0 Å². The Bertz CT molecular complexity index is 371. The van der Waals surface area contributed by atoms with Crippen molar-refractivity contribution in [3.8, 4) is 0 Å². The Morgan fingerprint density at radius 1 is 1.27 bits per heavy atom. The van der Waals surface area contributed by atoms with Crippen molar-refractivity contribution in [1.82, 2.24) is 5.32 Å². The highest BCUT2D eigenvalue weighted by molar-refractivity contribution is 5.39. The highest BCUT2D eigenvalue weighted by Crippen LogP contribution is 2.46. The fraction of sp³-hybridized carbons (Fsp3) is 0.538. The number of benzene rings is 1. The molecule has 2 aliphatic rings. The minimum absolute atomic E-state index is 0.327. The van der Waals surface area contributed by atoms with E-state index in [4.69, 9.17) is 0 Å². The molecular weight excluding hydrogens is 186 g/mol. The first-order chi connectivity index (χ1) is 7.32. The lowest BCUT2D eigenvalue weighted by Gasteiger charge is -2.42. The third-order valence-electron chi connectivity index (χ3n) is 4.00. The summed E-state index contributed by atoms with van der Waals surface area (Å²) in [5.74, 6) is 0. The lowest BCUT2D eigenvalue weighted by Crippen LogP contribution is -2.42. The molecule has 1 saturated carbocycles. The van der Waals surface area contributed by atoms with Crippen LogP contribution in [0.4, 0.5) is 0 Å². The summed E-state index contributed by atoms with van der Waals surface area (Å²) in [6.07, 6.45) is 3.53. The van der Waals surface area contributed by atoms with Gasteiger partial charge in [-0.25, -0.2) is 0 Å². The van der Waals surface area contributed by atoms with Crippen LogP contribution in [0, 0.1) is 0 Å². The van der Waals surface area contributed by atoms with Crippen LogP contribution in [-0.2, 0) is 5.41 Å². The van der Waals surface area contributed by atoms with Crippen molar-refractivity contribution in [3.63, 3.8) is 0 Å². The zero-order valence-electron chi connectivity index (χ0n) is 8.87. The van der Waals surface area contributed by atoms with Gasteiger partial charge in [0.05, 0.1) is 6.10 Å². The van der Waals surface area contributed by atoms with Crippen LogP contribution in [0.2, 0.25) is 0 Å². The van der Waals surface area contributed by atoms with E-state index in [1.165, 1.54) is 24.8 Å². The SMILES string of the molecule is OC1CNCC2(CCC2)c2ccccc21. The molecule has 1 unspecified atom stereocenters. The first-order valence-corrected chi connectivity index (χ1v) is 5.80. The van der Waals surface area contributed by atoms with Crippen molar-refractivity contribution in [3.05, 3.63) is 35.4 Å². The van der Waals surface area contributed by atoms with E-state index in [0.717, 1.165) is 12.1 Å². The second-order valence-corrected chi connectivity index (χ2v) is 4.87. The minimum Gasteiger partial charge on any atom is -0.387 e. The molecule has 3 rings (SSSR count). The monoisotopic (exact) mass is 203 g/mol. The maximum absolute atomic E-state index is 10.0. The molecule has 1 spiro atoms. The van der Waals surface area contributed by atoms with Crippen molar-refractivity contribution in [2.24, 2.45) is 0 Å². The molecule has 0 radical (unpaired) electrons. The molecule has 2 N–H and O–H groups in total. The molecule has 1 atom stereocenters. The second-order valence-electron chi connectivity index (χ2n) is 4.87. The lowest BCUT2D eigenvalue weighted by atomic mass is 9.63. The van der Waals surface area contributed by atoms with Crippen molar-refractivity contribution in [2.45, 2.75) is 30.8 Å². The van der Waals surface area contributed by atoms with Crippen LogP contribution in [0.25, 0.3) is 0 Å². The van der Waals surface area contributed by atoms with E-state index >= 15 is 0 Å². The van der Waals surface area contributed by atoms with E-state index in [1.54, 1.807) is 0 Å². The molecule has 0 aromatic heterocycles. The first kappa shape index (κ1) is 9.37. The Morgan fingerprint density at radius 2 is 2.07 bits per heavy atom. The Kier molecular flexibility index (Phi) is 2.08. The first-order valence-electron chi connectivity index (χ1n) is 5.80. The van der Waals surface area contributed by atoms with Crippen LogP contribution in [0.15, 0.2) is 24.3 Å². The molecule has 1 aromatic carbocycles. The number of aliphatic hydroxyl groups is 1.